The van der Waals surface area contributed by atoms with Gasteiger partial charge in [0, 0.05) is 17.3 Å². The Bertz CT molecular complexity index is 953. The molecule has 0 aliphatic rings. The van der Waals surface area contributed by atoms with E-state index < -0.39 is 0 Å². The zero-order valence-corrected chi connectivity index (χ0v) is 20.3. The minimum atomic E-state index is -0.141. The number of benzene rings is 3. The summed E-state index contributed by atoms with van der Waals surface area (Å²) in [6, 6.07) is 24.4. The van der Waals surface area contributed by atoms with E-state index in [4.69, 9.17) is 0 Å². The Morgan fingerprint density at radius 2 is 1.48 bits per heavy atom. The molecule has 0 aromatic heterocycles. The summed E-state index contributed by atoms with van der Waals surface area (Å²) in [4.78, 5) is 4.54. The third-order valence-electron chi connectivity index (χ3n) is 4.75. The van der Waals surface area contributed by atoms with Crippen molar-refractivity contribution in [2.75, 3.05) is 0 Å². The van der Waals surface area contributed by atoms with Crippen molar-refractivity contribution in [3.05, 3.63) is 102 Å². The molecule has 3 heteroatoms. The molecule has 3 aromatic rings. The molecule has 166 valence electrons. The molecule has 3 aromatic carbocycles. The Kier molecular flexibility index (Phi) is 9.59. The minimum Gasteiger partial charge on any atom is -0.507 e. The van der Waals surface area contributed by atoms with Crippen molar-refractivity contribution < 1.29 is 21.6 Å². The number of para-hydroxylation sites is 1. The second-order valence-corrected chi connectivity index (χ2v) is 9.43. The van der Waals surface area contributed by atoms with Crippen LogP contribution in [-0.4, -0.2) is 11.3 Å². The van der Waals surface area contributed by atoms with Crippen LogP contribution in [0.1, 0.15) is 63.8 Å². The van der Waals surface area contributed by atoms with Gasteiger partial charge in [-0.15, -0.1) is 6.07 Å². The van der Waals surface area contributed by atoms with Crippen LogP contribution in [0.25, 0.3) is 0 Å². The van der Waals surface area contributed by atoms with Crippen LogP contribution >= 0.6 is 0 Å². The van der Waals surface area contributed by atoms with Gasteiger partial charge in [0.15, 0.2) is 0 Å². The zero-order valence-electron chi connectivity index (χ0n) is 19.3. The Morgan fingerprint density at radius 1 is 0.871 bits per heavy atom. The first kappa shape index (κ1) is 26.5. The smallest absolute Gasteiger partial charge is 0.507 e. The maximum atomic E-state index is 10.8. The van der Waals surface area contributed by atoms with Crippen molar-refractivity contribution in [3.63, 3.8) is 0 Å². The number of rotatable bonds is 2. The van der Waals surface area contributed by atoms with Gasteiger partial charge in [-0.05, 0) is 28.1 Å². The molecule has 2 nitrogen and oxygen atoms in total. The normalized spacial score (nSPS) is 11.4. The molecule has 31 heavy (non-hydrogen) atoms. The summed E-state index contributed by atoms with van der Waals surface area (Å²) in [7, 11) is 0. The Hall–Kier alpha value is -2.51. The van der Waals surface area contributed by atoms with Crippen molar-refractivity contribution in [3.8, 4) is 5.75 Å². The van der Waals surface area contributed by atoms with Crippen LogP contribution in [0.5, 0.6) is 5.75 Å². The molecule has 0 aliphatic heterocycles. The predicted molar refractivity (Wildman–Crippen MR) is 129 cm³/mol. The maximum Gasteiger partial charge on any atom is 2.00 e. The molecule has 0 saturated heterocycles. The Balaban J connectivity index is 0.000000591. The van der Waals surface area contributed by atoms with E-state index >= 15 is 0 Å². The molecular weight excluding hydrogens is 425 g/mol. The number of nitrogens with zero attached hydrogens (tertiary/aromatic N) is 1. The number of hydrogen-bond acceptors (Lipinski definition) is 2. The summed E-state index contributed by atoms with van der Waals surface area (Å²) in [5.74, 6) is 0.306. The monoisotopic (exact) mass is 457 g/mol. The van der Waals surface area contributed by atoms with Crippen molar-refractivity contribution in [2.45, 2.75) is 52.4 Å². The number of hydrogen-bond donors (Lipinski definition) is 1. The van der Waals surface area contributed by atoms with Gasteiger partial charge in [-0.1, -0.05) is 59.7 Å². The fraction of sp³-hybridized carbons (Fsp3) is 0.286. The first-order valence-electron chi connectivity index (χ1n) is 10.2. The average molecular weight is 458 g/mol. The third kappa shape index (κ3) is 7.92. The number of aromatic hydroxyl groups is 1. The number of aliphatic imine (C=N–C) groups is 1. The third-order valence-corrected chi connectivity index (χ3v) is 4.75. The van der Waals surface area contributed by atoms with Crippen molar-refractivity contribution in [1.29, 1.82) is 0 Å². The van der Waals surface area contributed by atoms with Crippen LogP contribution in [-0.2, 0) is 27.3 Å². The van der Waals surface area contributed by atoms with E-state index in [-0.39, 0.29) is 27.3 Å². The molecule has 0 heterocycles. The second-order valence-electron chi connectivity index (χ2n) is 9.43. The summed E-state index contributed by atoms with van der Waals surface area (Å²) in [6.45, 7) is 16.9. The van der Waals surface area contributed by atoms with E-state index in [1.54, 1.807) is 6.21 Å². The first-order chi connectivity index (χ1) is 14.0. The van der Waals surface area contributed by atoms with Gasteiger partial charge in [0.1, 0.15) is 5.75 Å². The first-order valence-corrected chi connectivity index (χ1v) is 10.2. The maximum absolute atomic E-state index is 10.8. The van der Waals surface area contributed by atoms with Gasteiger partial charge in [-0.25, -0.2) is 0 Å². The molecule has 0 atom stereocenters. The summed E-state index contributed by atoms with van der Waals surface area (Å²) in [5.41, 5.74) is 4.43. The van der Waals surface area contributed by atoms with Crippen molar-refractivity contribution in [2.24, 2.45) is 4.99 Å². The standard InChI is InChI=1S/C22H28NO.C6H5.Ni/c1-15-10-8-9-11-19(15)23-14-16-12-17(21(2,3)4)13-18(20(16)24)22(5,6)7;1-2-4-6-5-3-1;/h8-14,24H,1H2,2-7H3;1-5H;/q2*-1;+2. The van der Waals surface area contributed by atoms with E-state index in [1.807, 2.05) is 60.7 Å². The second kappa shape index (κ2) is 11.2. The largest absolute Gasteiger partial charge is 2.00 e. The van der Waals surface area contributed by atoms with Gasteiger partial charge in [-0.3, -0.25) is 0 Å². The molecule has 0 saturated carbocycles. The van der Waals surface area contributed by atoms with E-state index in [0.29, 0.717) is 5.75 Å². The molecular formula is C28H33NNiO. The molecule has 0 amide bonds. The van der Waals surface area contributed by atoms with Crippen LogP contribution in [0.4, 0.5) is 5.69 Å². The number of phenols is 1. The quantitative estimate of drug-likeness (QED) is 0.242. The molecule has 0 unspecified atom stereocenters. The zero-order chi connectivity index (χ0) is 22.4. The fourth-order valence-corrected chi connectivity index (χ4v) is 2.88. The van der Waals surface area contributed by atoms with E-state index in [9.17, 15) is 5.11 Å². The predicted octanol–water partition coefficient (Wildman–Crippen LogP) is 7.40. The topological polar surface area (TPSA) is 32.6 Å². The van der Waals surface area contributed by atoms with Crippen LogP contribution in [0, 0.1) is 13.0 Å². The van der Waals surface area contributed by atoms with Crippen LogP contribution in [0.2, 0.25) is 0 Å². The number of phenolic OH excluding ortho intramolecular Hbond substituents is 1. The van der Waals surface area contributed by atoms with Crippen molar-refractivity contribution in [1.82, 2.24) is 0 Å². The van der Waals surface area contributed by atoms with Crippen LogP contribution in [0.3, 0.4) is 0 Å². The van der Waals surface area contributed by atoms with E-state index in [0.717, 1.165) is 22.4 Å². The average Bonchev–Trinajstić information content (AvgIpc) is 2.68. The van der Waals surface area contributed by atoms with Crippen LogP contribution < -0.4 is 0 Å². The summed E-state index contributed by atoms with van der Waals surface area (Å²) in [6.07, 6.45) is 1.74. The van der Waals surface area contributed by atoms with E-state index in [2.05, 4.69) is 65.6 Å². The molecule has 0 bridgehead atoms. The summed E-state index contributed by atoms with van der Waals surface area (Å²) >= 11 is 0. The van der Waals surface area contributed by atoms with Gasteiger partial charge >= 0.3 is 16.5 Å². The minimum absolute atomic E-state index is 0. The molecule has 3 rings (SSSR count). The molecule has 0 spiro atoms. The molecule has 0 fully saturated rings. The van der Waals surface area contributed by atoms with Gasteiger partial charge < -0.3 is 10.1 Å². The Morgan fingerprint density at radius 3 is 1.94 bits per heavy atom. The Labute approximate surface area is 198 Å². The fourth-order valence-electron chi connectivity index (χ4n) is 2.88. The van der Waals surface area contributed by atoms with Gasteiger partial charge in [0.2, 0.25) is 0 Å². The molecule has 0 radical (unpaired) electrons. The van der Waals surface area contributed by atoms with E-state index in [1.165, 1.54) is 5.56 Å². The SMILES string of the molecule is [CH2-]c1ccccc1N=Cc1cc(C(C)(C)C)cc(C(C)(C)C)c1O.[Ni+2].[c-]1ccccc1. The van der Waals surface area contributed by atoms with Gasteiger partial charge in [-0.2, -0.15) is 55.0 Å². The summed E-state index contributed by atoms with van der Waals surface area (Å²) in [5, 5.41) is 10.8. The molecule has 1 N–H and O–H groups in total. The molecule has 0 aliphatic carbocycles. The summed E-state index contributed by atoms with van der Waals surface area (Å²) < 4.78 is 0. The van der Waals surface area contributed by atoms with Crippen molar-refractivity contribution >= 4 is 11.9 Å². The van der Waals surface area contributed by atoms with Gasteiger partial charge in [0.05, 0.1) is 0 Å². The van der Waals surface area contributed by atoms with Gasteiger partial charge in [0.25, 0.3) is 0 Å². The van der Waals surface area contributed by atoms with Crippen LogP contribution in [0.15, 0.2) is 71.7 Å².